The van der Waals surface area contributed by atoms with Gasteiger partial charge in [-0.2, -0.15) is 0 Å². The molecule has 22 heavy (non-hydrogen) atoms. The third kappa shape index (κ3) is 3.58. The molecule has 6 nitrogen and oxygen atoms in total. The second kappa shape index (κ2) is 7.49. The first-order valence-corrected chi connectivity index (χ1v) is 7.25. The predicted octanol–water partition coefficient (Wildman–Crippen LogP) is 2.45. The lowest BCUT2D eigenvalue weighted by molar-refractivity contribution is -0.121. The largest absolute Gasteiger partial charge is 0.464 e. The van der Waals surface area contributed by atoms with Crippen LogP contribution in [0.5, 0.6) is 0 Å². The molecule has 0 unspecified atom stereocenters. The monoisotopic (exact) mass is 304 g/mol. The molecule has 2 rings (SSSR count). The van der Waals surface area contributed by atoms with E-state index < -0.39 is 5.97 Å². The van der Waals surface area contributed by atoms with E-state index >= 15 is 0 Å². The van der Waals surface area contributed by atoms with Crippen molar-refractivity contribution in [2.24, 2.45) is 0 Å². The molecule has 6 heteroatoms. The van der Waals surface area contributed by atoms with Gasteiger partial charge in [-0.3, -0.25) is 4.79 Å². The van der Waals surface area contributed by atoms with E-state index in [1.807, 2.05) is 0 Å². The molecule has 1 N–H and O–H groups in total. The lowest BCUT2D eigenvalue weighted by Crippen LogP contribution is -2.29. The first kappa shape index (κ1) is 15.9. The Hall–Kier alpha value is -2.50. The number of esters is 1. The van der Waals surface area contributed by atoms with Gasteiger partial charge in [-0.1, -0.05) is 13.3 Å². The number of rotatable bonds is 7. The average molecular weight is 304 g/mol. The standard InChI is InChI=1S/C16H20N2O4/c1-3-4-9-17-15(19)11-18-12(14-6-5-10-22-14)7-8-13(18)16(20)21-2/h5-8,10H,3-4,9,11H2,1-2H3,(H,17,19). The van der Waals surface area contributed by atoms with Gasteiger partial charge in [0, 0.05) is 6.54 Å². The van der Waals surface area contributed by atoms with Crippen LogP contribution in [0, 0.1) is 0 Å². The summed E-state index contributed by atoms with van der Waals surface area (Å²) in [4.78, 5) is 23.9. The first-order valence-electron chi connectivity index (χ1n) is 7.25. The molecule has 0 aliphatic heterocycles. The molecular weight excluding hydrogens is 284 g/mol. The van der Waals surface area contributed by atoms with Crippen molar-refractivity contribution in [1.82, 2.24) is 9.88 Å². The Morgan fingerprint density at radius 3 is 2.77 bits per heavy atom. The summed E-state index contributed by atoms with van der Waals surface area (Å²) in [6.45, 7) is 2.72. The van der Waals surface area contributed by atoms with E-state index in [9.17, 15) is 9.59 Å². The lowest BCUT2D eigenvalue weighted by atomic mass is 10.3. The Kier molecular flexibility index (Phi) is 5.41. The maximum Gasteiger partial charge on any atom is 0.354 e. The molecule has 0 aromatic carbocycles. The summed E-state index contributed by atoms with van der Waals surface area (Å²) in [6.07, 6.45) is 3.48. The molecule has 0 saturated heterocycles. The molecule has 0 aliphatic rings. The maximum absolute atomic E-state index is 12.1. The summed E-state index contributed by atoms with van der Waals surface area (Å²) in [5.41, 5.74) is 0.982. The second-order valence-corrected chi connectivity index (χ2v) is 4.86. The van der Waals surface area contributed by atoms with Gasteiger partial charge in [-0.25, -0.2) is 4.79 Å². The van der Waals surface area contributed by atoms with Crippen molar-refractivity contribution in [3.63, 3.8) is 0 Å². The topological polar surface area (TPSA) is 73.5 Å². The number of aromatic nitrogens is 1. The van der Waals surface area contributed by atoms with Crippen LogP contribution in [0.25, 0.3) is 11.5 Å². The molecule has 0 fully saturated rings. The van der Waals surface area contributed by atoms with Gasteiger partial charge in [0.15, 0.2) is 0 Å². The van der Waals surface area contributed by atoms with E-state index in [2.05, 4.69) is 12.2 Å². The Morgan fingerprint density at radius 1 is 1.32 bits per heavy atom. The molecular formula is C16H20N2O4. The summed E-state index contributed by atoms with van der Waals surface area (Å²) in [7, 11) is 1.31. The zero-order valence-electron chi connectivity index (χ0n) is 12.8. The minimum atomic E-state index is -0.487. The van der Waals surface area contributed by atoms with E-state index in [0.29, 0.717) is 23.7 Å². The number of methoxy groups -OCH3 is 1. The normalized spacial score (nSPS) is 10.5. The quantitative estimate of drug-likeness (QED) is 0.630. The van der Waals surface area contributed by atoms with Crippen LogP contribution >= 0.6 is 0 Å². The summed E-state index contributed by atoms with van der Waals surface area (Å²) < 4.78 is 11.7. The third-order valence-electron chi connectivity index (χ3n) is 3.30. The Balaban J connectivity index is 2.24. The number of ether oxygens (including phenoxy) is 1. The van der Waals surface area contributed by atoms with Crippen molar-refractivity contribution in [3.8, 4) is 11.5 Å². The molecule has 0 saturated carbocycles. The fraction of sp³-hybridized carbons (Fsp3) is 0.375. The number of nitrogens with zero attached hydrogens (tertiary/aromatic N) is 1. The van der Waals surface area contributed by atoms with Crippen molar-refractivity contribution in [2.45, 2.75) is 26.3 Å². The molecule has 0 radical (unpaired) electrons. The number of nitrogens with one attached hydrogen (secondary N) is 1. The van der Waals surface area contributed by atoms with Crippen molar-refractivity contribution in [3.05, 3.63) is 36.2 Å². The molecule has 0 bridgehead atoms. The molecule has 118 valence electrons. The van der Waals surface area contributed by atoms with Gasteiger partial charge < -0.3 is 19.0 Å². The number of amides is 1. The number of unbranched alkanes of at least 4 members (excludes halogenated alkanes) is 1. The smallest absolute Gasteiger partial charge is 0.354 e. The van der Waals surface area contributed by atoms with Crippen molar-refractivity contribution in [2.75, 3.05) is 13.7 Å². The number of furan rings is 1. The number of hydrogen-bond acceptors (Lipinski definition) is 4. The maximum atomic E-state index is 12.1. The SMILES string of the molecule is CCCCNC(=O)Cn1c(C(=O)OC)ccc1-c1ccco1. The van der Waals surface area contributed by atoms with Crippen LogP contribution in [-0.2, 0) is 16.1 Å². The minimum absolute atomic E-state index is 0.0389. The Morgan fingerprint density at radius 2 is 2.14 bits per heavy atom. The van der Waals surface area contributed by atoms with Crippen molar-refractivity contribution in [1.29, 1.82) is 0 Å². The molecule has 2 heterocycles. The van der Waals surface area contributed by atoms with Crippen LogP contribution in [0.3, 0.4) is 0 Å². The van der Waals surface area contributed by atoms with E-state index in [0.717, 1.165) is 12.8 Å². The van der Waals surface area contributed by atoms with Gasteiger partial charge in [-0.05, 0) is 30.7 Å². The van der Waals surface area contributed by atoms with Crippen LogP contribution < -0.4 is 5.32 Å². The highest BCUT2D eigenvalue weighted by molar-refractivity contribution is 5.90. The van der Waals surface area contributed by atoms with E-state index in [-0.39, 0.29) is 12.5 Å². The highest BCUT2D eigenvalue weighted by atomic mass is 16.5. The first-order chi connectivity index (χ1) is 10.7. The van der Waals surface area contributed by atoms with E-state index in [4.69, 9.17) is 9.15 Å². The third-order valence-corrected chi connectivity index (χ3v) is 3.30. The minimum Gasteiger partial charge on any atom is -0.464 e. The van der Waals surface area contributed by atoms with Gasteiger partial charge in [0.25, 0.3) is 0 Å². The Bertz CT molecular complexity index is 629. The molecule has 2 aromatic heterocycles. The second-order valence-electron chi connectivity index (χ2n) is 4.86. The van der Waals surface area contributed by atoms with Gasteiger partial charge in [0.2, 0.25) is 5.91 Å². The van der Waals surface area contributed by atoms with Crippen molar-refractivity contribution < 1.29 is 18.7 Å². The molecule has 2 aromatic rings. The summed E-state index contributed by atoms with van der Waals surface area (Å²) in [5.74, 6) is -0.0433. The van der Waals surface area contributed by atoms with E-state index in [1.165, 1.54) is 7.11 Å². The highest BCUT2D eigenvalue weighted by Gasteiger charge is 2.19. The van der Waals surface area contributed by atoms with Crippen molar-refractivity contribution >= 4 is 11.9 Å². The lowest BCUT2D eigenvalue weighted by Gasteiger charge is -2.11. The summed E-state index contributed by atoms with van der Waals surface area (Å²) in [6, 6.07) is 6.90. The number of carbonyl (C=O) groups is 2. The van der Waals surface area contributed by atoms with E-state index in [1.54, 1.807) is 35.1 Å². The van der Waals surface area contributed by atoms with Crippen LogP contribution in [0.4, 0.5) is 0 Å². The fourth-order valence-corrected chi connectivity index (χ4v) is 2.16. The predicted molar refractivity (Wildman–Crippen MR) is 81.4 cm³/mol. The van der Waals surface area contributed by atoms with Gasteiger partial charge in [0.1, 0.15) is 18.0 Å². The number of hydrogen-bond donors (Lipinski definition) is 1. The summed E-state index contributed by atoms with van der Waals surface area (Å²) >= 11 is 0. The van der Waals surface area contributed by atoms with Gasteiger partial charge >= 0.3 is 5.97 Å². The number of carbonyl (C=O) groups excluding carboxylic acids is 2. The zero-order chi connectivity index (χ0) is 15.9. The molecule has 0 aliphatic carbocycles. The van der Waals surface area contributed by atoms with Gasteiger partial charge in [0.05, 0.1) is 19.1 Å². The summed E-state index contributed by atoms with van der Waals surface area (Å²) in [5, 5.41) is 2.84. The van der Waals surface area contributed by atoms with Crippen LogP contribution in [0.1, 0.15) is 30.3 Å². The van der Waals surface area contributed by atoms with Gasteiger partial charge in [-0.15, -0.1) is 0 Å². The Labute approximate surface area is 129 Å². The molecule has 0 atom stereocenters. The van der Waals surface area contributed by atoms with Crippen LogP contribution in [0.15, 0.2) is 34.9 Å². The zero-order valence-corrected chi connectivity index (χ0v) is 12.8. The molecule has 0 spiro atoms. The highest BCUT2D eigenvalue weighted by Crippen LogP contribution is 2.23. The molecule has 1 amide bonds. The van der Waals surface area contributed by atoms with Crippen LogP contribution in [-0.4, -0.2) is 30.1 Å². The average Bonchev–Trinajstić information content (AvgIpc) is 3.16. The van der Waals surface area contributed by atoms with Crippen LogP contribution in [0.2, 0.25) is 0 Å². The fourth-order valence-electron chi connectivity index (χ4n) is 2.16.